The lowest BCUT2D eigenvalue weighted by molar-refractivity contribution is -0.142. The van der Waals surface area contributed by atoms with E-state index in [-0.39, 0.29) is 22.2 Å². The van der Waals surface area contributed by atoms with E-state index >= 15 is 0 Å². The second-order valence-electron chi connectivity index (χ2n) is 3.89. The Hall–Kier alpha value is -1.77. The second kappa shape index (κ2) is 4.41. The van der Waals surface area contributed by atoms with E-state index in [1.807, 2.05) is 0 Å². The fraction of sp³-hybridized carbons (Fsp3) is 0.200. The monoisotopic (exact) mass is 336 g/mol. The number of amides is 1. The summed E-state index contributed by atoms with van der Waals surface area (Å²) in [7, 11) is 0. The Labute approximate surface area is 113 Å². The molecule has 0 aliphatic heterocycles. The summed E-state index contributed by atoms with van der Waals surface area (Å²) in [6.45, 7) is -1.26. The van der Waals surface area contributed by atoms with E-state index in [0.717, 1.165) is 6.20 Å². The number of benzene rings is 1. The SMILES string of the molecule is NC(=O)c1c(N)cc(Br)c2nn(CC(F)(F)F)cc12. The number of carbonyl (C=O) groups excluding carboxylic acids is 1. The minimum Gasteiger partial charge on any atom is -0.398 e. The van der Waals surface area contributed by atoms with Crippen molar-refractivity contribution in [3.63, 3.8) is 0 Å². The Morgan fingerprint density at radius 3 is 2.63 bits per heavy atom. The van der Waals surface area contributed by atoms with E-state index in [2.05, 4.69) is 21.0 Å². The minimum absolute atomic E-state index is 0.0355. The van der Waals surface area contributed by atoms with Gasteiger partial charge in [0, 0.05) is 21.7 Å². The number of fused-ring (bicyclic) bond motifs is 1. The Balaban J connectivity index is 2.67. The highest BCUT2D eigenvalue weighted by Gasteiger charge is 2.29. The van der Waals surface area contributed by atoms with Crippen LogP contribution in [-0.4, -0.2) is 21.9 Å². The lowest BCUT2D eigenvalue weighted by Gasteiger charge is -2.04. The molecule has 1 heterocycles. The Morgan fingerprint density at radius 1 is 1.47 bits per heavy atom. The Kier molecular flexibility index (Phi) is 3.17. The smallest absolute Gasteiger partial charge is 0.398 e. The number of primary amides is 1. The molecule has 0 aliphatic rings. The van der Waals surface area contributed by atoms with Crippen LogP contribution in [0.3, 0.4) is 0 Å². The van der Waals surface area contributed by atoms with Gasteiger partial charge >= 0.3 is 6.18 Å². The summed E-state index contributed by atoms with van der Waals surface area (Å²) in [5, 5.41) is 3.95. The lowest BCUT2D eigenvalue weighted by Crippen LogP contribution is -2.17. The fourth-order valence-corrected chi connectivity index (χ4v) is 2.29. The third-order valence-corrected chi connectivity index (χ3v) is 3.02. The first-order valence-corrected chi connectivity index (χ1v) is 5.80. The zero-order valence-electron chi connectivity index (χ0n) is 9.33. The number of alkyl halides is 3. The van der Waals surface area contributed by atoms with Crippen LogP contribution in [-0.2, 0) is 6.54 Å². The molecule has 0 fully saturated rings. The quantitative estimate of drug-likeness (QED) is 0.822. The Morgan fingerprint density at radius 2 is 2.11 bits per heavy atom. The summed E-state index contributed by atoms with van der Waals surface area (Å²) in [6, 6.07) is 1.38. The summed E-state index contributed by atoms with van der Waals surface area (Å²) < 4.78 is 38.0. The molecular weight excluding hydrogens is 329 g/mol. The zero-order valence-corrected chi connectivity index (χ0v) is 10.9. The maximum atomic E-state index is 12.3. The summed E-state index contributed by atoms with van der Waals surface area (Å²) in [6.07, 6.45) is -3.31. The third-order valence-electron chi connectivity index (χ3n) is 2.42. The maximum absolute atomic E-state index is 12.3. The zero-order chi connectivity index (χ0) is 14.4. The van der Waals surface area contributed by atoms with Crippen molar-refractivity contribution in [3.05, 3.63) is 22.3 Å². The molecule has 0 spiro atoms. The molecule has 0 aliphatic carbocycles. The van der Waals surface area contributed by atoms with Gasteiger partial charge in [-0.15, -0.1) is 0 Å². The second-order valence-corrected chi connectivity index (χ2v) is 4.75. The number of halogens is 4. The van der Waals surface area contributed by atoms with Gasteiger partial charge in [-0.1, -0.05) is 0 Å². The van der Waals surface area contributed by atoms with Crippen LogP contribution in [0.5, 0.6) is 0 Å². The highest BCUT2D eigenvalue weighted by atomic mass is 79.9. The van der Waals surface area contributed by atoms with Crippen LogP contribution in [0.1, 0.15) is 10.4 Å². The molecule has 1 aromatic heterocycles. The molecule has 1 aromatic carbocycles. The van der Waals surface area contributed by atoms with E-state index < -0.39 is 18.6 Å². The number of nitrogen functional groups attached to an aromatic ring is 1. The van der Waals surface area contributed by atoms with Gasteiger partial charge in [0.2, 0.25) is 0 Å². The number of nitrogens with two attached hydrogens (primary N) is 2. The van der Waals surface area contributed by atoms with Gasteiger partial charge in [-0.2, -0.15) is 18.3 Å². The highest BCUT2D eigenvalue weighted by molar-refractivity contribution is 9.10. The van der Waals surface area contributed by atoms with E-state index in [1.165, 1.54) is 6.07 Å². The summed E-state index contributed by atoms with van der Waals surface area (Å²) in [5.74, 6) is -0.818. The molecule has 0 bridgehead atoms. The molecule has 4 N–H and O–H groups in total. The number of aromatic nitrogens is 2. The standard InChI is InChI=1S/C10H8BrF3N4O/c11-5-1-6(15)7(9(16)19)4-2-18(17-8(4)5)3-10(12,13)14/h1-2H,3,15H2,(H2,16,19). The van der Waals surface area contributed by atoms with Crippen molar-refractivity contribution in [1.82, 2.24) is 9.78 Å². The lowest BCUT2D eigenvalue weighted by atomic mass is 10.1. The molecular formula is C10H8BrF3N4O. The number of hydrogen-bond donors (Lipinski definition) is 2. The first kappa shape index (κ1) is 13.7. The van der Waals surface area contributed by atoms with Crippen LogP contribution in [0.15, 0.2) is 16.7 Å². The first-order valence-electron chi connectivity index (χ1n) is 5.01. The molecule has 0 radical (unpaired) electrons. The van der Waals surface area contributed by atoms with Crippen molar-refractivity contribution in [2.45, 2.75) is 12.7 Å². The van der Waals surface area contributed by atoms with Crippen LogP contribution in [0.4, 0.5) is 18.9 Å². The van der Waals surface area contributed by atoms with Crippen molar-refractivity contribution in [2.24, 2.45) is 5.73 Å². The third kappa shape index (κ3) is 2.65. The molecule has 0 unspecified atom stereocenters. The van der Waals surface area contributed by atoms with Gasteiger partial charge in [0.25, 0.3) is 5.91 Å². The fourth-order valence-electron chi connectivity index (χ4n) is 1.75. The summed E-state index contributed by atoms with van der Waals surface area (Å²) in [4.78, 5) is 11.3. The molecule has 0 saturated carbocycles. The number of carbonyl (C=O) groups is 1. The van der Waals surface area contributed by atoms with Crippen LogP contribution >= 0.6 is 15.9 Å². The van der Waals surface area contributed by atoms with E-state index in [4.69, 9.17) is 11.5 Å². The number of anilines is 1. The van der Waals surface area contributed by atoms with Crippen LogP contribution in [0.25, 0.3) is 10.9 Å². The molecule has 5 nitrogen and oxygen atoms in total. The first-order chi connectivity index (χ1) is 8.69. The minimum atomic E-state index is -4.41. The van der Waals surface area contributed by atoms with Gasteiger partial charge < -0.3 is 11.5 Å². The largest absolute Gasteiger partial charge is 0.408 e. The molecule has 0 atom stereocenters. The molecule has 102 valence electrons. The number of nitrogens with zero attached hydrogens (tertiary/aromatic N) is 2. The van der Waals surface area contributed by atoms with Gasteiger partial charge in [0.05, 0.1) is 5.56 Å². The number of hydrogen-bond acceptors (Lipinski definition) is 3. The average molecular weight is 337 g/mol. The van der Waals surface area contributed by atoms with Crippen LogP contribution < -0.4 is 11.5 Å². The van der Waals surface area contributed by atoms with Gasteiger partial charge in [0.15, 0.2) is 0 Å². The van der Waals surface area contributed by atoms with Crippen molar-refractivity contribution in [2.75, 3.05) is 5.73 Å². The van der Waals surface area contributed by atoms with Gasteiger partial charge in [-0.25, -0.2) is 0 Å². The Bertz CT molecular complexity index is 665. The predicted octanol–water partition coefficient (Wildman–Crippen LogP) is 2.04. The van der Waals surface area contributed by atoms with Gasteiger partial charge in [-0.05, 0) is 22.0 Å². The summed E-state index contributed by atoms with van der Waals surface area (Å²) >= 11 is 3.13. The van der Waals surface area contributed by atoms with Crippen molar-refractivity contribution in [1.29, 1.82) is 0 Å². The van der Waals surface area contributed by atoms with E-state index in [1.54, 1.807) is 0 Å². The molecule has 1 amide bonds. The maximum Gasteiger partial charge on any atom is 0.408 e. The molecule has 2 aromatic rings. The van der Waals surface area contributed by atoms with Gasteiger partial charge in [0.1, 0.15) is 12.1 Å². The van der Waals surface area contributed by atoms with Crippen molar-refractivity contribution in [3.8, 4) is 0 Å². The van der Waals surface area contributed by atoms with Crippen LogP contribution in [0, 0.1) is 0 Å². The highest BCUT2D eigenvalue weighted by Crippen LogP contribution is 2.31. The molecule has 0 saturated heterocycles. The van der Waals surface area contributed by atoms with E-state index in [0.29, 0.717) is 9.15 Å². The topological polar surface area (TPSA) is 86.9 Å². The molecule has 9 heteroatoms. The van der Waals surface area contributed by atoms with Crippen molar-refractivity contribution >= 4 is 38.4 Å². The van der Waals surface area contributed by atoms with Crippen molar-refractivity contribution < 1.29 is 18.0 Å². The molecule has 19 heavy (non-hydrogen) atoms. The normalized spacial score (nSPS) is 12.0. The number of rotatable bonds is 2. The van der Waals surface area contributed by atoms with Gasteiger partial charge in [-0.3, -0.25) is 9.48 Å². The predicted molar refractivity (Wildman–Crippen MR) is 66.4 cm³/mol. The van der Waals surface area contributed by atoms with E-state index in [9.17, 15) is 18.0 Å². The average Bonchev–Trinajstić information content (AvgIpc) is 2.57. The molecule has 2 rings (SSSR count). The summed E-state index contributed by atoms with van der Waals surface area (Å²) in [5.41, 5.74) is 11.1. The van der Waals surface area contributed by atoms with Crippen LogP contribution in [0.2, 0.25) is 0 Å².